The number of hydrogen-bond acceptors (Lipinski definition) is 4. The molecule has 4 nitrogen and oxygen atoms in total. The summed E-state index contributed by atoms with van der Waals surface area (Å²) in [7, 11) is 0. The summed E-state index contributed by atoms with van der Waals surface area (Å²) >= 11 is 5.91. The average molecular weight is 381 g/mol. The van der Waals surface area contributed by atoms with Crippen LogP contribution >= 0.6 is 11.6 Å². The van der Waals surface area contributed by atoms with E-state index in [-0.39, 0.29) is 5.56 Å². The summed E-state index contributed by atoms with van der Waals surface area (Å²) in [6, 6.07) is 5.39. The number of nitrogens with one attached hydrogen (secondary N) is 1. The van der Waals surface area contributed by atoms with E-state index in [2.05, 4.69) is 20.3 Å². The van der Waals surface area contributed by atoms with Crippen LogP contribution < -0.4 is 5.32 Å². The van der Waals surface area contributed by atoms with Gasteiger partial charge < -0.3 is 5.32 Å². The van der Waals surface area contributed by atoms with Gasteiger partial charge in [-0.1, -0.05) is 23.7 Å². The molecular formula is C18H16ClF3N4. The first-order chi connectivity index (χ1) is 12.2. The monoisotopic (exact) mass is 380 g/mol. The Balaban J connectivity index is 2.02. The van der Waals surface area contributed by atoms with E-state index in [4.69, 9.17) is 11.6 Å². The minimum atomic E-state index is -4.39. The minimum Gasteiger partial charge on any atom is -0.363 e. The molecule has 0 amide bonds. The molecule has 0 saturated heterocycles. The summed E-state index contributed by atoms with van der Waals surface area (Å²) in [5.74, 6) is 1.02. The standard InChI is InChI=1S/C18H16ClF3N4/c1-9-12(5-4-6-14(9)18(20,21)22)10(2)24-17-13-8-23-16(19)7-15(13)25-11(3)26-17/h4-8,10H,1-3H3,(H,24,25,26)/t10-/m1/s1. The molecule has 136 valence electrons. The summed E-state index contributed by atoms with van der Waals surface area (Å²) in [4.78, 5) is 12.7. The molecule has 2 aromatic heterocycles. The number of fused-ring (bicyclic) bond motifs is 1. The van der Waals surface area contributed by atoms with Crippen molar-refractivity contribution in [2.24, 2.45) is 0 Å². The number of nitrogens with zero attached hydrogens (tertiary/aromatic N) is 3. The zero-order chi connectivity index (χ0) is 19.1. The third-order valence-electron chi connectivity index (χ3n) is 4.16. The van der Waals surface area contributed by atoms with Crippen molar-refractivity contribution in [3.05, 3.63) is 58.1 Å². The van der Waals surface area contributed by atoms with Crippen molar-refractivity contribution < 1.29 is 13.2 Å². The summed E-state index contributed by atoms with van der Waals surface area (Å²) in [5.41, 5.74) is 0.719. The second-order valence-corrected chi connectivity index (χ2v) is 6.41. The summed E-state index contributed by atoms with van der Waals surface area (Å²) in [5, 5.41) is 4.14. The molecule has 0 bridgehead atoms. The van der Waals surface area contributed by atoms with Gasteiger partial charge in [0, 0.05) is 12.3 Å². The molecule has 0 aliphatic rings. The van der Waals surface area contributed by atoms with Crippen LogP contribution in [0.4, 0.5) is 19.0 Å². The fraction of sp³-hybridized carbons (Fsp3) is 0.278. The average Bonchev–Trinajstić information content (AvgIpc) is 2.53. The zero-order valence-electron chi connectivity index (χ0n) is 14.3. The van der Waals surface area contributed by atoms with Crippen molar-refractivity contribution in [3.63, 3.8) is 0 Å². The summed E-state index contributed by atoms with van der Waals surface area (Å²) < 4.78 is 39.5. The quantitative estimate of drug-likeness (QED) is 0.611. The first-order valence-corrected chi connectivity index (χ1v) is 8.27. The van der Waals surface area contributed by atoms with Crippen LogP contribution in [-0.2, 0) is 6.18 Å². The van der Waals surface area contributed by atoms with Crippen LogP contribution in [0.5, 0.6) is 0 Å². The van der Waals surface area contributed by atoms with E-state index < -0.39 is 17.8 Å². The van der Waals surface area contributed by atoms with E-state index in [1.54, 1.807) is 32.2 Å². The van der Waals surface area contributed by atoms with Crippen molar-refractivity contribution in [2.75, 3.05) is 5.32 Å². The van der Waals surface area contributed by atoms with Gasteiger partial charge in [-0.3, -0.25) is 0 Å². The Kier molecular flexibility index (Phi) is 4.75. The molecule has 3 aromatic rings. The largest absolute Gasteiger partial charge is 0.416 e. The molecule has 0 saturated carbocycles. The fourth-order valence-electron chi connectivity index (χ4n) is 2.94. The van der Waals surface area contributed by atoms with E-state index in [0.717, 1.165) is 6.07 Å². The van der Waals surface area contributed by atoms with Crippen molar-refractivity contribution in [1.29, 1.82) is 0 Å². The SMILES string of the molecule is Cc1nc(N[C@H](C)c2cccc(C(F)(F)F)c2C)c2cnc(Cl)cc2n1. The van der Waals surface area contributed by atoms with Gasteiger partial charge in [0.2, 0.25) is 0 Å². The number of pyridine rings is 1. The molecular weight excluding hydrogens is 365 g/mol. The Hall–Kier alpha value is -2.41. The smallest absolute Gasteiger partial charge is 0.363 e. The molecule has 3 rings (SSSR count). The van der Waals surface area contributed by atoms with Gasteiger partial charge in [-0.15, -0.1) is 0 Å². The van der Waals surface area contributed by atoms with Crippen LogP contribution in [-0.4, -0.2) is 15.0 Å². The molecule has 26 heavy (non-hydrogen) atoms. The van der Waals surface area contributed by atoms with Crippen LogP contribution in [0.3, 0.4) is 0 Å². The van der Waals surface area contributed by atoms with E-state index in [1.807, 2.05) is 0 Å². The van der Waals surface area contributed by atoms with Crippen LogP contribution in [0.2, 0.25) is 5.15 Å². The van der Waals surface area contributed by atoms with Gasteiger partial charge in [-0.2, -0.15) is 13.2 Å². The van der Waals surface area contributed by atoms with Crippen LogP contribution in [0.25, 0.3) is 10.9 Å². The molecule has 0 aliphatic heterocycles. The maximum absolute atomic E-state index is 13.2. The van der Waals surface area contributed by atoms with Gasteiger partial charge in [0.15, 0.2) is 0 Å². The molecule has 0 fully saturated rings. The van der Waals surface area contributed by atoms with Crippen molar-refractivity contribution in [3.8, 4) is 0 Å². The number of rotatable bonds is 3. The van der Waals surface area contributed by atoms with Gasteiger partial charge in [-0.25, -0.2) is 15.0 Å². The van der Waals surface area contributed by atoms with Crippen molar-refractivity contribution in [1.82, 2.24) is 15.0 Å². The normalized spacial score (nSPS) is 13.0. The van der Waals surface area contributed by atoms with Gasteiger partial charge in [0.1, 0.15) is 16.8 Å². The molecule has 1 atom stereocenters. The maximum atomic E-state index is 13.2. The topological polar surface area (TPSA) is 50.7 Å². The molecule has 0 spiro atoms. The van der Waals surface area contributed by atoms with E-state index in [0.29, 0.717) is 33.3 Å². The highest BCUT2D eigenvalue weighted by Gasteiger charge is 2.33. The van der Waals surface area contributed by atoms with Crippen LogP contribution in [0.15, 0.2) is 30.5 Å². The minimum absolute atomic E-state index is 0.191. The number of benzene rings is 1. The lowest BCUT2D eigenvalue weighted by Crippen LogP contribution is -2.14. The number of halogens is 4. The molecule has 0 aliphatic carbocycles. The lowest BCUT2D eigenvalue weighted by molar-refractivity contribution is -0.138. The fourth-order valence-corrected chi connectivity index (χ4v) is 3.09. The molecule has 1 aromatic carbocycles. The number of aromatic nitrogens is 3. The highest BCUT2D eigenvalue weighted by atomic mass is 35.5. The first kappa shape index (κ1) is 18.4. The molecule has 1 N–H and O–H groups in total. The highest BCUT2D eigenvalue weighted by molar-refractivity contribution is 6.30. The number of aryl methyl sites for hydroxylation is 1. The Morgan fingerprint density at radius 1 is 1.15 bits per heavy atom. The third kappa shape index (κ3) is 3.58. The highest BCUT2D eigenvalue weighted by Crippen LogP contribution is 2.35. The lowest BCUT2D eigenvalue weighted by Gasteiger charge is -2.21. The molecule has 0 unspecified atom stereocenters. The number of hydrogen-bond donors (Lipinski definition) is 1. The van der Waals surface area contributed by atoms with Crippen molar-refractivity contribution >= 4 is 28.3 Å². The molecule has 2 heterocycles. The zero-order valence-corrected chi connectivity index (χ0v) is 15.1. The van der Waals surface area contributed by atoms with Crippen LogP contribution in [0.1, 0.15) is 35.5 Å². The third-order valence-corrected chi connectivity index (χ3v) is 4.37. The summed E-state index contributed by atoms with van der Waals surface area (Å²) in [6.45, 7) is 5.00. The molecule has 8 heteroatoms. The van der Waals surface area contributed by atoms with Gasteiger partial charge in [0.25, 0.3) is 0 Å². The Morgan fingerprint density at radius 3 is 2.58 bits per heavy atom. The predicted molar refractivity (Wildman–Crippen MR) is 95.3 cm³/mol. The predicted octanol–water partition coefficient (Wildman–Crippen LogP) is 5.49. The van der Waals surface area contributed by atoms with Crippen molar-refractivity contribution in [2.45, 2.75) is 33.0 Å². The Bertz CT molecular complexity index is 967. The van der Waals surface area contributed by atoms with E-state index in [1.165, 1.54) is 13.0 Å². The van der Waals surface area contributed by atoms with E-state index >= 15 is 0 Å². The Morgan fingerprint density at radius 2 is 1.88 bits per heavy atom. The summed E-state index contributed by atoms with van der Waals surface area (Å²) in [6.07, 6.45) is -2.84. The van der Waals surface area contributed by atoms with Gasteiger partial charge in [-0.05, 0) is 38.0 Å². The lowest BCUT2D eigenvalue weighted by atomic mass is 9.97. The van der Waals surface area contributed by atoms with Gasteiger partial charge in [0.05, 0.1) is 22.5 Å². The number of alkyl halides is 3. The second kappa shape index (κ2) is 6.72. The number of anilines is 1. The maximum Gasteiger partial charge on any atom is 0.416 e. The second-order valence-electron chi connectivity index (χ2n) is 6.03. The van der Waals surface area contributed by atoms with E-state index in [9.17, 15) is 13.2 Å². The Labute approximate surface area is 153 Å². The van der Waals surface area contributed by atoms with Crippen LogP contribution in [0, 0.1) is 13.8 Å². The first-order valence-electron chi connectivity index (χ1n) is 7.90. The van der Waals surface area contributed by atoms with Gasteiger partial charge >= 0.3 is 6.18 Å². The molecule has 0 radical (unpaired) electrons.